The molecule has 3 rings (SSSR count). The molecule has 0 spiro atoms. The van der Waals surface area contributed by atoms with Gasteiger partial charge in [-0.3, -0.25) is 4.79 Å². The van der Waals surface area contributed by atoms with Crippen LogP contribution in [0.3, 0.4) is 0 Å². The van der Waals surface area contributed by atoms with Gasteiger partial charge >= 0.3 is 0 Å². The van der Waals surface area contributed by atoms with Gasteiger partial charge in [-0.15, -0.1) is 0 Å². The SMILES string of the molecule is O=c1cc(NCc2ccccc2F)nc(C2CC2)[nH]1. The summed E-state index contributed by atoms with van der Waals surface area (Å²) in [6, 6.07) is 7.94. The molecule has 0 bridgehead atoms. The molecule has 0 aliphatic heterocycles. The Labute approximate surface area is 109 Å². The predicted molar refractivity (Wildman–Crippen MR) is 70.6 cm³/mol. The third-order valence-corrected chi connectivity index (χ3v) is 3.14. The Morgan fingerprint density at radius 1 is 1.37 bits per heavy atom. The van der Waals surface area contributed by atoms with Gasteiger partial charge in [-0.2, -0.15) is 0 Å². The molecule has 1 fully saturated rings. The molecular weight excluding hydrogens is 245 g/mol. The monoisotopic (exact) mass is 259 g/mol. The first-order chi connectivity index (χ1) is 9.22. The quantitative estimate of drug-likeness (QED) is 0.886. The van der Waals surface area contributed by atoms with Crippen LogP contribution < -0.4 is 10.9 Å². The molecule has 1 saturated carbocycles. The van der Waals surface area contributed by atoms with Crippen molar-refractivity contribution in [1.82, 2.24) is 9.97 Å². The molecule has 4 nitrogen and oxygen atoms in total. The van der Waals surface area contributed by atoms with Crippen LogP contribution in [0.2, 0.25) is 0 Å². The van der Waals surface area contributed by atoms with E-state index in [4.69, 9.17) is 0 Å². The van der Waals surface area contributed by atoms with Gasteiger partial charge in [0.2, 0.25) is 0 Å². The van der Waals surface area contributed by atoms with Crippen LogP contribution in [0.5, 0.6) is 0 Å². The van der Waals surface area contributed by atoms with E-state index in [-0.39, 0.29) is 11.4 Å². The summed E-state index contributed by atoms with van der Waals surface area (Å²) in [5.74, 6) is 1.34. The van der Waals surface area contributed by atoms with E-state index in [0.29, 0.717) is 23.8 Å². The van der Waals surface area contributed by atoms with Crippen LogP contribution in [-0.4, -0.2) is 9.97 Å². The first kappa shape index (κ1) is 11.9. The summed E-state index contributed by atoms with van der Waals surface area (Å²) in [4.78, 5) is 18.6. The number of H-pyrrole nitrogens is 1. The maximum Gasteiger partial charge on any atom is 0.252 e. The van der Waals surface area contributed by atoms with Crippen molar-refractivity contribution < 1.29 is 4.39 Å². The number of nitrogens with zero attached hydrogens (tertiary/aromatic N) is 1. The van der Waals surface area contributed by atoms with Gasteiger partial charge in [0.1, 0.15) is 17.5 Å². The van der Waals surface area contributed by atoms with Crippen molar-refractivity contribution >= 4 is 5.82 Å². The second-order valence-corrected chi connectivity index (χ2v) is 4.74. The topological polar surface area (TPSA) is 57.8 Å². The summed E-state index contributed by atoms with van der Waals surface area (Å²) in [5.41, 5.74) is 0.380. The van der Waals surface area contributed by atoms with E-state index >= 15 is 0 Å². The van der Waals surface area contributed by atoms with Crippen LogP contribution in [0.4, 0.5) is 10.2 Å². The van der Waals surface area contributed by atoms with E-state index in [9.17, 15) is 9.18 Å². The van der Waals surface area contributed by atoms with Crippen LogP contribution in [0.25, 0.3) is 0 Å². The van der Waals surface area contributed by atoms with Crippen molar-refractivity contribution in [3.8, 4) is 0 Å². The molecule has 0 saturated heterocycles. The summed E-state index contributed by atoms with van der Waals surface area (Å²) < 4.78 is 13.5. The summed E-state index contributed by atoms with van der Waals surface area (Å²) in [6.07, 6.45) is 2.14. The molecule has 2 aromatic rings. The van der Waals surface area contributed by atoms with E-state index < -0.39 is 0 Å². The van der Waals surface area contributed by atoms with E-state index in [1.54, 1.807) is 18.2 Å². The molecular formula is C14H14FN3O. The molecule has 1 aliphatic carbocycles. The van der Waals surface area contributed by atoms with Crippen molar-refractivity contribution in [2.24, 2.45) is 0 Å². The first-order valence-corrected chi connectivity index (χ1v) is 6.31. The number of benzene rings is 1. The molecule has 0 unspecified atom stereocenters. The number of rotatable bonds is 4. The van der Waals surface area contributed by atoms with E-state index in [1.807, 2.05) is 0 Å². The zero-order chi connectivity index (χ0) is 13.2. The standard InChI is InChI=1S/C14H14FN3O/c15-11-4-2-1-3-10(11)8-16-12-7-13(19)18-14(17-12)9-5-6-9/h1-4,7,9H,5-6,8H2,(H2,16,17,18,19). The Bertz CT molecular complexity index is 649. The molecule has 0 atom stereocenters. The number of anilines is 1. The maximum absolute atomic E-state index is 13.5. The molecule has 2 N–H and O–H groups in total. The van der Waals surface area contributed by atoms with E-state index in [2.05, 4.69) is 15.3 Å². The zero-order valence-corrected chi connectivity index (χ0v) is 10.3. The predicted octanol–water partition coefficient (Wildman–Crippen LogP) is 2.40. The van der Waals surface area contributed by atoms with Crippen LogP contribution in [-0.2, 0) is 6.54 Å². The van der Waals surface area contributed by atoms with Gasteiger partial charge in [0, 0.05) is 24.1 Å². The van der Waals surface area contributed by atoms with Crippen molar-refractivity contribution in [2.45, 2.75) is 25.3 Å². The number of halogens is 1. The lowest BCUT2D eigenvalue weighted by molar-refractivity contribution is 0.613. The fourth-order valence-electron chi connectivity index (χ4n) is 1.94. The minimum absolute atomic E-state index is 0.173. The Balaban J connectivity index is 1.76. The number of aromatic amines is 1. The Kier molecular flexibility index (Phi) is 3.03. The van der Waals surface area contributed by atoms with E-state index in [1.165, 1.54) is 12.1 Å². The molecule has 0 amide bonds. The lowest BCUT2D eigenvalue weighted by Crippen LogP contribution is -2.13. The summed E-state index contributed by atoms with van der Waals surface area (Å²) in [6.45, 7) is 0.313. The Morgan fingerprint density at radius 2 is 2.16 bits per heavy atom. The highest BCUT2D eigenvalue weighted by Gasteiger charge is 2.26. The third-order valence-electron chi connectivity index (χ3n) is 3.14. The number of hydrogen-bond donors (Lipinski definition) is 2. The van der Waals surface area contributed by atoms with Crippen molar-refractivity contribution in [3.63, 3.8) is 0 Å². The van der Waals surface area contributed by atoms with Crippen molar-refractivity contribution in [1.29, 1.82) is 0 Å². The van der Waals surface area contributed by atoms with Gasteiger partial charge in [0.05, 0.1) is 0 Å². The molecule has 1 aromatic carbocycles. The maximum atomic E-state index is 13.5. The molecule has 1 heterocycles. The van der Waals surface area contributed by atoms with Gasteiger partial charge in [-0.25, -0.2) is 9.37 Å². The molecule has 98 valence electrons. The van der Waals surface area contributed by atoms with Gasteiger partial charge in [-0.05, 0) is 18.9 Å². The molecule has 19 heavy (non-hydrogen) atoms. The van der Waals surface area contributed by atoms with Crippen molar-refractivity contribution in [3.05, 3.63) is 57.9 Å². The molecule has 1 aromatic heterocycles. The average molecular weight is 259 g/mol. The number of nitrogens with one attached hydrogen (secondary N) is 2. The first-order valence-electron chi connectivity index (χ1n) is 6.31. The smallest absolute Gasteiger partial charge is 0.252 e. The number of aromatic nitrogens is 2. The van der Waals surface area contributed by atoms with Crippen LogP contribution in [0.15, 0.2) is 35.1 Å². The number of hydrogen-bond acceptors (Lipinski definition) is 3. The lowest BCUT2D eigenvalue weighted by Gasteiger charge is -2.07. The lowest BCUT2D eigenvalue weighted by atomic mass is 10.2. The van der Waals surface area contributed by atoms with Gasteiger partial charge in [-0.1, -0.05) is 18.2 Å². The fourth-order valence-corrected chi connectivity index (χ4v) is 1.94. The van der Waals surface area contributed by atoms with Gasteiger partial charge in [0.15, 0.2) is 0 Å². The average Bonchev–Trinajstić information content (AvgIpc) is 3.21. The highest BCUT2D eigenvalue weighted by Crippen LogP contribution is 2.37. The highest BCUT2D eigenvalue weighted by molar-refractivity contribution is 5.35. The Morgan fingerprint density at radius 3 is 2.89 bits per heavy atom. The second-order valence-electron chi connectivity index (χ2n) is 4.74. The van der Waals surface area contributed by atoms with Crippen LogP contribution in [0, 0.1) is 5.82 Å². The van der Waals surface area contributed by atoms with E-state index in [0.717, 1.165) is 18.7 Å². The van der Waals surface area contributed by atoms with Gasteiger partial charge in [0.25, 0.3) is 5.56 Å². The second kappa shape index (κ2) is 4.84. The zero-order valence-electron chi connectivity index (χ0n) is 10.3. The molecule has 5 heteroatoms. The normalized spacial score (nSPS) is 14.4. The highest BCUT2D eigenvalue weighted by atomic mass is 19.1. The summed E-state index contributed by atoms with van der Waals surface area (Å²) in [7, 11) is 0. The Hall–Kier alpha value is -2.17. The van der Waals surface area contributed by atoms with Crippen LogP contribution in [0.1, 0.15) is 30.1 Å². The fraction of sp³-hybridized carbons (Fsp3) is 0.286. The summed E-state index contributed by atoms with van der Waals surface area (Å²) >= 11 is 0. The largest absolute Gasteiger partial charge is 0.366 e. The van der Waals surface area contributed by atoms with Gasteiger partial charge < -0.3 is 10.3 Å². The third kappa shape index (κ3) is 2.81. The minimum Gasteiger partial charge on any atom is -0.366 e. The molecule has 1 aliphatic rings. The van der Waals surface area contributed by atoms with Crippen LogP contribution >= 0.6 is 0 Å². The van der Waals surface area contributed by atoms with Crippen molar-refractivity contribution in [2.75, 3.05) is 5.32 Å². The summed E-state index contributed by atoms with van der Waals surface area (Å²) in [5, 5.41) is 2.99. The molecule has 0 radical (unpaired) electrons. The minimum atomic E-state index is -0.262.